The summed E-state index contributed by atoms with van der Waals surface area (Å²) < 4.78 is 5.32. The molecule has 8 nitrogen and oxygen atoms in total. The normalized spacial score (nSPS) is 11.2. The van der Waals surface area contributed by atoms with Gasteiger partial charge in [-0.2, -0.15) is 4.98 Å². The van der Waals surface area contributed by atoms with Gasteiger partial charge in [-0.15, -0.1) is 0 Å². The summed E-state index contributed by atoms with van der Waals surface area (Å²) in [6.45, 7) is 2.78. The second-order valence-corrected chi connectivity index (χ2v) is 7.77. The Morgan fingerprint density at radius 3 is 2.18 bits per heavy atom. The second-order valence-electron chi connectivity index (χ2n) is 7.77. The van der Waals surface area contributed by atoms with Crippen molar-refractivity contribution >= 4 is 5.84 Å². The van der Waals surface area contributed by atoms with E-state index >= 15 is 0 Å². The highest BCUT2D eigenvalue weighted by molar-refractivity contribution is 5.96. The van der Waals surface area contributed by atoms with Crippen LogP contribution in [0.3, 0.4) is 0 Å². The minimum atomic E-state index is -0.00352. The van der Waals surface area contributed by atoms with Crippen LogP contribution in [0.25, 0.3) is 11.4 Å². The number of benzene rings is 2. The first-order valence-electron chi connectivity index (χ1n) is 11.4. The summed E-state index contributed by atoms with van der Waals surface area (Å²) in [5, 5.41) is 23.9. The van der Waals surface area contributed by atoms with Crippen LogP contribution in [0.15, 0.2) is 58.2 Å². The molecule has 0 aliphatic carbocycles. The molecule has 2 aromatic carbocycles. The average molecular weight is 454 g/mol. The molecule has 0 unspecified atom stereocenters. The van der Waals surface area contributed by atoms with Crippen molar-refractivity contribution in [1.29, 1.82) is 0 Å². The molecule has 6 N–H and O–H groups in total. The number of nitrogens with zero attached hydrogens (tertiary/aromatic N) is 3. The van der Waals surface area contributed by atoms with Crippen molar-refractivity contribution in [1.82, 2.24) is 10.1 Å². The molecule has 0 amide bonds. The highest BCUT2D eigenvalue weighted by Crippen LogP contribution is 2.17. The summed E-state index contributed by atoms with van der Waals surface area (Å²) in [5.74, 6) is 1.47. The van der Waals surface area contributed by atoms with Gasteiger partial charge in [-0.3, -0.25) is 0 Å². The summed E-state index contributed by atoms with van der Waals surface area (Å²) in [7, 11) is 0. The number of hydrogen-bond acceptors (Lipinski definition) is 7. The van der Waals surface area contributed by atoms with Crippen molar-refractivity contribution in [2.24, 2.45) is 16.6 Å². The van der Waals surface area contributed by atoms with Gasteiger partial charge in [-0.05, 0) is 17.5 Å². The molecular weight excluding hydrogens is 418 g/mol. The second kappa shape index (κ2) is 14.8. The van der Waals surface area contributed by atoms with Crippen LogP contribution in [-0.4, -0.2) is 26.3 Å². The molecule has 1 aromatic heterocycles. The molecule has 0 bridgehead atoms. The number of amidine groups is 1. The molecular formula is C25H35N5O3. The van der Waals surface area contributed by atoms with E-state index in [9.17, 15) is 0 Å². The van der Waals surface area contributed by atoms with Gasteiger partial charge in [0.25, 0.3) is 0 Å². The van der Waals surface area contributed by atoms with E-state index < -0.39 is 0 Å². The predicted octanol–water partition coefficient (Wildman–Crippen LogP) is 4.37. The van der Waals surface area contributed by atoms with Crippen LogP contribution in [0.1, 0.15) is 68.0 Å². The van der Waals surface area contributed by atoms with Gasteiger partial charge in [0.05, 0.1) is 6.61 Å². The Balaban J connectivity index is 0.000000273. The Morgan fingerprint density at radius 1 is 0.939 bits per heavy atom. The topological polar surface area (TPSA) is 144 Å². The Morgan fingerprint density at radius 2 is 1.58 bits per heavy atom. The molecule has 3 rings (SSSR count). The Bertz CT molecular complexity index is 953. The first-order valence-corrected chi connectivity index (χ1v) is 11.4. The highest BCUT2D eigenvalue weighted by atomic mass is 16.5. The fourth-order valence-corrected chi connectivity index (χ4v) is 3.16. The van der Waals surface area contributed by atoms with E-state index in [1.807, 2.05) is 24.3 Å². The van der Waals surface area contributed by atoms with Crippen LogP contribution in [0.5, 0.6) is 0 Å². The molecule has 0 saturated carbocycles. The maximum atomic E-state index is 8.71. The van der Waals surface area contributed by atoms with Gasteiger partial charge in [0.15, 0.2) is 5.84 Å². The molecule has 0 spiro atoms. The number of aryl methyl sites for hydroxylation is 1. The zero-order chi connectivity index (χ0) is 23.9. The Kier molecular flexibility index (Phi) is 11.6. The summed E-state index contributed by atoms with van der Waals surface area (Å²) in [4.78, 5) is 4.46. The lowest BCUT2D eigenvalue weighted by Crippen LogP contribution is -2.12. The molecule has 8 heteroatoms. The summed E-state index contributed by atoms with van der Waals surface area (Å²) >= 11 is 0. The lowest BCUT2D eigenvalue weighted by molar-refractivity contribution is 0.282. The minimum absolute atomic E-state index is 0.00352. The number of unbranched alkanes of at least 4 members (excludes halogenated alkanes) is 5. The van der Waals surface area contributed by atoms with E-state index in [0.29, 0.717) is 17.9 Å². The number of oxime groups is 1. The number of aliphatic hydroxyl groups is 1. The minimum Gasteiger partial charge on any atom is -0.409 e. The van der Waals surface area contributed by atoms with Gasteiger partial charge in [0.2, 0.25) is 11.7 Å². The van der Waals surface area contributed by atoms with E-state index in [-0.39, 0.29) is 12.4 Å². The van der Waals surface area contributed by atoms with Crippen molar-refractivity contribution < 1.29 is 14.8 Å². The highest BCUT2D eigenvalue weighted by Gasteiger charge is 2.08. The van der Waals surface area contributed by atoms with E-state index in [4.69, 9.17) is 26.3 Å². The van der Waals surface area contributed by atoms with Crippen molar-refractivity contribution in [2.45, 2.75) is 65.0 Å². The molecule has 1 heterocycles. The van der Waals surface area contributed by atoms with Gasteiger partial charge in [0.1, 0.15) is 0 Å². The van der Waals surface area contributed by atoms with E-state index in [2.05, 4.69) is 22.2 Å². The SMILES string of the molecule is CCCCCCCCc1nc(-c2ccc(CN)cc2)no1.NC(=NO)c1ccc(CO)cc1. The number of rotatable bonds is 11. The van der Waals surface area contributed by atoms with Gasteiger partial charge < -0.3 is 26.3 Å². The zero-order valence-corrected chi connectivity index (χ0v) is 19.3. The Labute approximate surface area is 195 Å². The molecule has 33 heavy (non-hydrogen) atoms. The predicted molar refractivity (Wildman–Crippen MR) is 130 cm³/mol. The van der Waals surface area contributed by atoms with Gasteiger partial charge in [-0.25, -0.2) is 0 Å². The summed E-state index contributed by atoms with van der Waals surface area (Å²) in [6, 6.07) is 14.8. The van der Waals surface area contributed by atoms with E-state index in [1.165, 1.54) is 32.1 Å². The molecule has 0 fully saturated rings. The van der Waals surface area contributed by atoms with Crippen LogP contribution in [0.4, 0.5) is 0 Å². The third-order valence-electron chi connectivity index (χ3n) is 5.20. The molecule has 0 aliphatic heterocycles. The Hall–Kier alpha value is -3.23. The van der Waals surface area contributed by atoms with Crippen molar-refractivity contribution in [3.63, 3.8) is 0 Å². The number of aliphatic hydroxyl groups excluding tert-OH is 1. The van der Waals surface area contributed by atoms with Crippen LogP contribution in [-0.2, 0) is 19.6 Å². The number of aromatic nitrogens is 2. The van der Waals surface area contributed by atoms with E-state index in [1.54, 1.807) is 24.3 Å². The smallest absolute Gasteiger partial charge is 0.226 e. The van der Waals surface area contributed by atoms with Crippen LogP contribution >= 0.6 is 0 Å². The van der Waals surface area contributed by atoms with Crippen LogP contribution in [0, 0.1) is 0 Å². The molecule has 0 radical (unpaired) electrons. The monoisotopic (exact) mass is 453 g/mol. The standard InChI is InChI=1S/C17H25N3O.C8H10N2O2/c1-2-3-4-5-6-7-8-16-19-17(20-21-16)15-11-9-14(13-18)10-12-15;9-8(10-12)7-3-1-6(5-11)2-4-7/h9-12H,2-8,13,18H2,1H3;1-4,11-12H,5H2,(H2,9,10). The lowest BCUT2D eigenvalue weighted by atomic mass is 10.1. The fourth-order valence-electron chi connectivity index (χ4n) is 3.16. The number of hydrogen-bond donors (Lipinski definition) is 4. The van der Waals surface area contributed by atoms with Gasteiger partial charge >= 0.3 is 0 Å². The molecule has 0 aliphatic rings. The van der Waals surface area contributed by atoms with E-state index in [0.717, 1.165) is 35.4 Å². The fraction of sp³-hybridized carbons (Fsp3) is 0.400. The molecule has 3 aromatic rings. The third kappa shape index (κ3) is 9.03. The molecule has 178 valence electrons. The third-order valence-corrected chi connectivity index (χ3v) is 5.20. The van der Waals surface area contributed by atoms with Crippen molar-refractivity contribution in [3.05, 3.63) is 71.1 Å². The summed E-state index contributed by atoms with van der Waals surface area (Å²) in [6.07, 6.45) is 8.49. The first-order chi connectivity index (χ1) is 16.1. The van der Waals surface area contributed by atoms with Gasteiger partial charge in [-0.1, -0.05) is 97.9 Å². The first kappa shape index (κ1) is 26.0. The molecule has 0 atom stereocenters. The van der Waals surface area contributed by atoms with Crippen molar-refractivity contribution in [3.8, 4) is 11.4 Å². The quantitative estimate of drug-likeness (QED) is 0.111. The largest absolute Gasteiger partial charge is 0.409 e. The zero-order valence-electron chi connectivity index (χ0n) is 19.3. The van der Waals surface area contributed by atoms with Crippen LogP contribution in [0.2, 0.25) is 0 Å². The summed E-state index contributed by atoms with van der Waals surface area (Å²) in [5.41, 5.74) is 14.4. The molecule has 0 saturated heterocycles. The van der Waals surface area contributed by atoms with Gasteiger partial charge in [0, 0.05) is 24.1 Å². The average Bonchev–Trinajstić information content (AvgIpc) is 3.35. The van der Waals surface area contributed by atoms with Crippen LogP contribution < -0.4 is 11.5 Å². The lowest BCUT2D eigenvalue weighted by Gasteiger charge is -1.99. The number of nitrogens with two attached hydrogens (primary N) is 2. The van der Waals surface area contributed by atoms with Crippen molar-refractivity contribution in [2.75, 3.05) is 0 Å². The maximum absolute atomic E-state index is 8.71. The maximum Gasteiger partial charge on any atom is 0.226 e.